The van der Waals surface area contributed by atoms with Crippen LogP contribution in [-0.4, -0.2) is 37.9 Å². The summed E-state index contributed by atoms with van der Waals surface area (Å²) in [5, 5.41) is 7.37. The number of methoxy groups -OCH3 is 1. The summed E-state index contributed by atoms with van der Waals surface area (Å²) in [5.41, 5.74) is 13.4. The van der Waals surface area contributed by atoms with E-state index in [1.165, 1.54) is 17.9 Å². The molecule has 10 nitrogen and oxygen atoms in total. The number of hydrogen-bond acceptors (Lipinski definition) is 8. The Kier molecular flexibility index (Phi) is 4.84. The van der Waals surface area contributed by atoms with Gasteiger partial charge in [-0.1, -0.05) is 12.1 Å². The number of pyridine rings is 1. The molecule has 0 saturated heterocycles. The SMILES string of the molecule is COC(=O)Nc1c(N)nc(-c2nn(Cc3ccncc3)c3c(F)cccc23)nc1N. The number of nitrogens with two attached hydrogens (primary N) is 2. The molecule has 152 valence electrons. The lowest BCUT2D eigenvalue weighted by Crippen LogP contribution is -2.16. The molecule has 0 aliphatic heterocycles. The predicted octanol–water partition coefficient (Wildman–Crippen LogP) is 2.42. The number of fused-ring (bicyclic) bond motifs is 1. The fourth-order valence-electron chi connectivity index (χ4n) is 3.02. The number of carbonyl (C=O) groups is 1. The summed E-state index contributed by atoms with van der Waals surface area (Å²) in [6.07, 6.45) is 2.53. The highest BCUT2D eigenvalue weighted by Crippen LogP contribution is 2.31. The van der Waals surface area contributed by atoms with E-state index in [1.807, 2.05) is 12.1 Å². The standard InChI is InChI=1S/C19H17FN8O2/c1-30-19(29)24-14-16(21)25-18(26-17(14)22)13-11-3-2-4-12(20)15(11)28(27-13)9-10-5-7-23-8-6-10/h2-8H,9H2,1H3,(H,24,29)(H4,21,22,25,26). The van der Waals surface area contributed by atoms with Crippen molar-refractivity contribution in [1.82, 2.24) is 24.7 Å². The Morgan fingerprint density at radius 2 is 1.87 bits per heavy atom. The lowest BCUT2D eigenvalue weighted by atomic mass is 10.2. The number of anilines is 3. The number of nitrogen functional groups attached to an aromatic ring is 2. The number of nitrogens with zero attached hydrogens (tertiary/aromatic N) is 5. The van der Waals surface area contributed by atoms with Crippen molar-refractivity contribution in [3.63, 3.8) is 0 Å². The monoisotopic (exact) mass is 408 g/mol. The minimum atomic E-state index is -0.765. The molecule has 0 aliphatic carbocycles. The maximum Gasteiger partial charge on any atom is 0.411 e. The Bertz CT molecular complexity index is 1220. The Balaban J connectivity index is 1.84. The summed E-state index contributed by atoms with van der Waals surface area (Å²) in [6.45, 7) is 0.312. The number of hydrogen-bond donors (Lipinski definition) is 3. The van der Waals surface area contributed by atoms with Crippen LogP contribution in [0.3, 0.4) is 0 Å². The molecule has 0 unspecified atom stereocenters. The van der Waals surface area contributed by atoms with E-state index in [0.29, 0.717) is 23.1 Å². The number of rotatable bonds is 4. The van der Waals surface area contributed by atoms with E-state index in [9.17, 15) is 9.18 Å². The second kappa shape index (κ2) is 7.62. The molecule has 3 aromatic heterocycles. The van der Waals surface area contributed by atoms with Crippen LogP contribution in [0, 0.1) is 5.82 Å². The van der Waals surface area contributed by atoms with Gasteiger partial charge in [0.05, 0.1) is 13.7 Å². The summed E-state index contributed by atoms with van der Waals surface area (Å²) < 4.78 is 20.7. The molecule has 4 rings (SSSR count). The number of para-hydroxylation sites is 1. The smallest absolute Gasteiger partial charge is 0.411 e. The predicted molar refractivity (Wildman–Crippen MR) is 109 cm³/mol. The van der Waals surface area contributed by atoms with Gasteiger partial charge in [-0.3, -0.25) is 15.0 Å². The van der Waals surface area contributed by atoms with E-state index in [1.54, 1.807) is 24.5 Å². The normalized spacial score (nSPS) is 10.9. The fourth-order valence-corrected chi connectivity index (χ4v) is 3.02. The number of amides is 1. The van der Waals surface area contributed by atoms with Gasteiger partial charge in [0.25, 0.3) is 0 Å². The lowest BCUT2D eigenvalue weighted by molar-refractivity contribution is 0.187. The quantitative estimate of drug-likeness (QED) is 0.466. The summed E-state index contributed by atoms with van der Waals surface area (Å²) in [7, 11) is 1.20. The molecule has 0 radical (unpaired) electrons. The van der Waals surface area contributed by atoms with Crippen molar-refractivity contribution >= 4 is 34.3 Å². The van der Waals surface area contributed by atoms with E-state index in [2.05, 4.69) is 30.1 Å². The Labute approximate surface area is 169 Å². The summed E-state index contributed by atoms with van der Waals surface area (Å²) >= 11 is 0. The molecule has 0 spiro atoms. The van der Waals surface area contributed by atoms with Gasteiger partial charge in [0.2, 0.25) is 0 Å². The number of ether oxygens (including phenoxy) is 1. The molecule has 0 saturated carbocycles. The first-order valence-corrected chi connectivity index (χ1v) is 8.80. The van der Waals surface area contributed by atoms with Crippen LogP contribution in [-0.2, 0) is 11.3 Å². The van der Waals surface area contributed by atoms with Crippen molar-refractivity contribution in [2.45, 2.75) is 6.54 Å². The van der Waals surface area contributed by atoms with Gasteiger partial charge in [-0.15, -0.1) is 0 Å². The maximum absolute atomic E-state index is 14.7. The second-order valence-electron chi connectivity index (χ2n) is 6.31. The van der Waals surface area contributed by atoms with Gasteiger partial charge in [0.1, 0.15) is 22.7 Å². The van der Waals surface area contributed by atoms with Crippen LogP contribution in [0.2, 0.25) is 0 Å². The van der Waals surface area contributed by atoms with Crippen LogP contribution < -0.4 is 16.8 Å². The molecule has 0 atom stereocenters. The highest BCUT2D eigenvalue weighted by molar-refractivity contribution is 5.95. The Hall–Kier alpha value is -4.28. The van der Waals surface area contributed by atoms with Crippen LogP contribution in [0.5, 0.6) is 0 Å². The third-order valence-corrected chi connectivity index (χ3v) is 4.39. The van der Waals surface area contributed by atoms with Gasteiger partial charge in [0, 0.05) is 17.8 Å². The zero-order valence-electron chi connectivity index (χ0n) is 15.8. The Morgan fingerprint density at radius 1 is 1.17 bits per heavy atom. The van der Waals surface area contributed by atoms with Crippen LogP contribution in [0.25, 0.3) is 22.4 Å². The minimum absolute atomic E-state index is 0.0253. The zero-order valence-corrected chi connectivity index (χ0v) is 15.8. The van der Waals surface area contributed by atoms with Crippen molar-refractivity contribution in [2.24, 2.45) is 0 Å². The molecule has 1 amide bonds. The summed E-state index contributed by atoms with van der Waals surface area (Å²) in [5.74, 6) is -0.484. The zero-order chi connectivity index (χ0) is 21.3. The third-order valence-electron chi connectivity index (χ3n) is 4.39. The number of nitrogens with one attached hydrogen (secondary N) is 1. The van der Waals surface area contributed by atoms with Crippen molar-refractivity contribution in [2.75, 3.05) is 23.9 Å². The highest BCUT2D eigenvalue weighted by atomic mass is 19.1. The highest BCUT2D eigenvalue weighted by Gasteiger charge is 2.21. The first-order chi connectivity index (χ1) is 14.5. The number of aromatic nitrogens is 5. The molecule has 4 aromatic rings. The van der Waals surface area contributed by atoms with Gasteiger partial charge < -0.3 is 16.2 Å². The average Bonchev–Trinajstić information content (AvgIpc) is 3.10. The molecular formula is C19H17FN8O2. The first-order valence-electron chi connectivity index (χ1n) is 8.80. The van der Waals surface area contributed by atoms with E-state index in [-0.39, 0.29) is 23.1 Å². The van der Waals surface area contributed by atoms with E-state index < -0.39 is 11.9 Å². The average molecular weight is 408 g/mol. The molecule has 0 fully saturated rings. The van der Waals surface area contributed by atoms with E-state index >= 15 is 0 Å². The van der Waals surface area contributed by atoms with Crippen LogP contribution >= 0.6 is 0 Å². The topological polar surface area (TPSA) is 147 Å². The molecule has 30 heavy (non-hydrogen) atoms. The van der Waals surface area contributed by atoms with Crippen molar-refractivity contribution in [1.29, 1.82) is 0 Å². The van der Waals surface area contributed by atoms with E-state index in [4.69, 9.17) is 11.5 Å². The molecule has 5 N–H and O–H groups in total. The van der Waals surface area contributed by atoms with Crippen LogP contribution in [0.15, 0.2) is 42.7 Å². The van der Waals surface area contributed by atoms with Gasteiger partial charge in [-0.25, -0.2) is 19.2 Å². The van der Waals surface area contributed by atoms with Crippen LogP contribution in [0.1, 0.15) is 5.56 Å². The van der Waals surface area contributed by atoms with Gasteiger partial charge in [0.15, 0.2) is 17.5 Å². The summed E-state index contributed by atoms with van der Waals surface area (Å²) in [6, 6.07) is 8.25. The number of halogens is 1. The van der Waals surface area contributed by atoms with Crippen molar-refractivity contribution < 1.29 is 13.9 Å². The fraction of sp³-hybridized carbons (Fsp3) is 0.105. The summed E-state index contributed by atoms with van der Waals surface area (Å²) in [4.78, 5) is 23.9. The molecule has 0 aliphatic rings. The molecule has 0 bridgehead atoms. The first kappa shape index (κ1) is 19.1. The number of benzene rings is 1. The molecule has 1 aromatic carbocycles. The third kappa shape index (κ3) is 3.43. The largest absolute Gasteiger partial charge is 0.453 e. The number of carbonyl (C=O) groups excluding carboxylic acids is 1. The molecule has 3 heterocycles. The van der Waals surface area contributed by atoms with Gasteiger partial charge in [-0.2, -0.15) is 5.10 Å². The molecular weight excluding hydrogens is 391 g/mol. The maximum atomic E-state index is 14.7. The van der Waals surface area contributed by atoms with Crippen molar-refractivity contribution in [3.8, 4) is 11.5 Å². The van der Waals surface area contributed by atoms with E-state index in [0.717, 1.165) is 5.56 Å². The van der Waals surface area contributed by atoms with Crippen molar-refractivity contribution in [3.05, 3.63) is 54.1 Å². The van der Waals surface area contributed by atoms with Gasteiger partial charge in [-0.05, 0) is 23.8 Å². The lowest BCUT2D eigenvalue weighted by Gasteiger charge is -2.10. The molecule has 11 heteroatoms. The second-order valence-corrected chi connectivity index (χ2v) is 6.31. The minimum Gasteiger partial charge on any atom is -0.453 e. The van der Waals surface area contributed by atoms with Crippen LogP contribution in [0.4, 0.5) is 26.5 Å². The Morgan fingerprint density at radius 3 is 2.53 bits per heavy atom. The van der Waals surface area contributed by atoms with Gasteiger partial charge >= 0.3 is 6.09 Å².